The molecule has 118 valence electrons. The normalized spacial score (nSPS) is 19.5. The Hall–Kier alpha value is -0.520. The van der Waals surface area contributed by atoms with E-state index >= 15 is 0 Å². The fourth-order valence-corrected chi connectivity index (χ4v) is 3.78. The van der Waals surface area contributed by atoms with Crippen molar-refractivity contribution in [2.75, 3.05) is 13.7 Å². The predicted octanol–water partition coefficient (Wildman–Crippen LogP) is 4.73. The van der Waals surface area contributed by atoms with Crippen molar-refractivity contribution < 1.29 is 13.5 Å². The first-order valence-corrected chi connectivity index (χ1v) is 8.29. The third kappa shape index (κ3) is 3.30. The fraction of sp³-hybridized carbons (Fsp3) is 0.625. The van der Waals surface area contributed by atoms with Gasteiger partial charge in [0.15, 0.2) is 0 Å². The molecule has 0 aromatic heterocycles. The number of hydrogen-bond donors (Lipinski definition) is 1. The summed E-state index contributed by atoms with van der Waals surface area (Å²) in [5.74, 6) is -1.07. The van der Waals surface area contributed by atoms with Crippen LogP contribution in [0.2, 0.25) is 0 Å². The van der Waals surface area contributed by atoms with Gasteiger partial charge in [0.25, 0.3) is 0 Å². The van der Waals surface area contributed by atoms with Crippen molar-refractivity contribution in [1.82, 2.24) is 5.32 Å². The average Bonchev–Trinajstić information content (AvgIpc) is 2.49. The maximum absolute atomic E-state index is 14.5. The van der Waals surface area contributed by atoms with E-state index in [0.29, 0.717) is 6.61 Å². The molecule has 0 amide bonds. The van der Waals surface area contributed by atoms with Crippen LogP contribution in [0, 0.1) is 11.6 Å². The molecule has 1 atom stereocenters. The van der Waals surface area contributed by atoms with Gasteiger partial charge in [-0.05, 0) is 54.9 Å². The number of rotatable bonds is 5. The van der Waals surface area contributed by atoms with E-state index in [4.69, 9.17) is 4.74 Å². The molecule has 1 fully saturated rings. The lowest BCUT2D eigenvalue weighted by Crippen LogP contribution is -2.47. The molecule has 1 N–H and O–H groups in total. The van der Waals surface area contributed by atoms with E-state index in [0.717, 1.165) is 32.1 Å². The van der Waals surface area contributed by atoms with Gasteiger partial charge in [0.1, 0.15) is 11.6 Å². The highest BCUT2D eigenvalue weighted by Crippen LogP contribution is 2.43. The van der Waals surface area contributed by atoms with Crippen molar-refractivity contribution in [2.24, 2.45) is 0 Å². The molecule has 1 aromatic rings. The van der Waals surface area contributed by atoms with Crippen LogP contribution in [0.1, 0.15) is 50.6 Å². The lowest BCUT2D eigenvalue weighted by Gasteiger charge is -2.43. The Morgan fingerprint density at radius 2 is 1.95 bits per heavy atom. The zero-order chi connectivity index (χ0) is 15.5. The maximum Gasteiger partial charge on any atom is 0.145 e. The Bertz CT molecular complexity index is 484. The molecule has 1 unspecified atom stereocenters. The molecule has 0 spiro atoms. The lowest BCUT2D eigenvalue weighted by molar-refractivity contribution is -0.0911. The third-order valence-corrected chi connectivity index (χ3v) is 4.93. The van der Waals surface area contributed by atoms with Gasteiger partial charge in [-0.3, -0.25) is 0 Å². The number of benzene rings is 1. The first-order chi connectivity index (χ1) is 10.1. The smallest absolute Gasteiger partial charge is 0.145 e. The highest BCUT2D eigenvalue weighted by Gasteiger charge is 2.43. The summed E-state index contributed by atoms with van der Waals surface area (Å²) in [6.45, 7) is 2.46. The predicted molar refractivity (Wildman–Crippen MR) is 83.3 cm³/mol. The van der Waals surface area contributed by atoms with Crippen molar-refractivity contribution in [3.8, 4) is 0 Å². The van der Waals surface area contributed by atoms with E-state index < -0.39 is 23.3 Å². The number of nitrogens with one attached hydrogen (secondary N) is 1. The van der Waals surface area contributed by atoms with Gasteiger partial charge in [-0.25, -0.2) is 8.78 Å². The Labute approximate surface area is 133 Å². The quantitative estimate of drug-likeness (QED) is 0.765. The molecule has 0 radical (unpaired) electrons. The monoisotopic (exact) mass is 361 g/mol. The third-order valence-electron chi connectivity index (χ3n) is 4.31. The van der Waals surface area contributed by atoms with Gasteiger partial charge in [0.05, 0.1) is 16.1 Å². The number of hydrogen-bond acceptors (Lipinski definition) is 2. The molecule has 1 aliphatic carbocycles. The van der Waals surface area contributed by atoms with Crippen LogP contribution in [0.5, 0.6) is 0 Å². The molecule has 0 aliphatic heterocycles. The zero-order valence-electron chi connectivity index (χ0n) is 12.5. The van der Waals surface area contributed by atoms with E-state index in [9.17, 15) is 8.78 Å². The molecule has 5 heteroatoms. The second-order valence-electron chi connectivity index (χ2n) is 5.54. The van der Waals surface area contributed by atoms with Crippen molar-refractivity contribution in [3.63, 3.8) is 0 Å². The summed E-state index contributed by atoms with van der Waals surface area (Å²) >= 11 is 3.15. The Morgan fingerprint density at radius 1 is 1.29 bits per heavy atom. The van der Waals surface area contributed by atoms with Gasteiger partial charge in [0, 0.05) is 12.2 Å². The minimum atomic E-state index is -0.543. The molecule has 1 saturated carbocycles. The summed E-state index contributed by atoms with van der Waals surface area (Å²) in [4.78, 5) is 0. The summed E-state index contributed by atoms with van der Waals surface area (Å²) < 4.78 is 35.1. The average molecular weight is 362 g/mol. The van der Waals surface area contributed by atoms with Crippen molar-refractivity contribution in [3.05, 3.63) is 33.8 Å². The molecule has 0 heterocycles. The minimum absolute atomic E-state index is 0.0715. The highest BCUT2D eigenvalue weighted by molar-refractivity contribution is 9.10. The zero-order valence-corrected chi connectivity index (χ0v) is 14.1. The Morgan fingerprint density at radius 3 is 2.52 bits per heavy atom. The van der Waals surface area contributed by atoms with Crippen LogP contribution < -0.4 is 5.32 Å². The van der Waals surface area contributed by atoms with Gasteiger partial charge >= 0.3 is 0 Å². The van der Waals surface area contributed by atoms with Crippen LogP contribution in [0.25, 0.3) is 0 Å². The SMILES string of the molecule is CCOC1(C(NC)c2c(F)ccc(Br)c2F)CCCCC1. The summed E-state index contributed by atoms with van der Waals surface area (Å²) in [6, 6.07) is 2.21. The molecule has 21 heavy (non-hydrogen) atoms. The van der Waals surface area contributed by atoms with Crippen LogP contribution >= 0.6 is 15.9 Å². The van der Waals surface area contributed by atoms with Crippen LogP contribution in [0.4, 0.5) is 8.78 Å². The molecule has 2 nitrogen and oxygen atoms in total. The van der Waals surface area contributed by atoms with Crippen LogP contribution in [-0.4, -0.2) is 19.3 Å². The van der Waals surface area contributed by atoms with Crippen LogP contribution in [-0.2, 0) is 4.74 Å². The number of halogens is 3. The number of likely N-dealkylation sites (N-methyl/N-ethyl adjacent to an activating group) is 1. The molecule has 0 saturated heterocycles. The molecule has 0 bridgehead atoms. The van der Waals surface area contributed by atoms with E-state index in [1.165, 1.54) is 12.1 Å². The highest BCUT2D eigenvalue weighted by atomic mass is 79.9. The maximum atomic E-state index is 14.5. The Kier molecular flexibility index (Phi) is 5.74. The first-order valence-electron chi connectivity index (χ1n) is 7.50. The molecule has 2 rings (SSSR count). The van der Waals surface area contributed by atoms with Gasteiger partial charge in [-0.1, -0.05) is 19.3 Å². The summed E-state index contributed by atoms with van der Waals surface area (Å²) in [5, 5.41) is 3.10. The minimum Gasteiger partial charge on any atom is -0.373 e. The number of ether oxygens (including phenoxy) is 1. The second kappa shape index (κ2) is 7.16. The molecule has 1 aliphatic rings. The Balaban J connectivity index is 2.48. The molecule has 1 aromatic carbocycles. The van der Waals surface area contributed by atoms with E-state index in [1.54, 1.807) is 7.05 Å². The summed E-state index contributed by atoms with van der Waals surface area (Å²) in [5.41, 5.74) is -0.466. The van der Waals surface area contributed by atoms with Crippen molar-refractivity contribution in [2.45, 2.75) is 50.7 Å². The van der Waals surface area contributed by atoms with Gasteiger partial charge in [0.2, 0.25) is 0 Å². The van der Waals surface area contributed by atoms with Gasteiger partial charge < -0.3 is 10.1 Å². The first kappa shape index (κ1) is 16.8. The van der Waals surface area contributed by atoms with Crippen molar-refractivity contribution >= 4 is 15.9 Å². The standard InChI is InChI=1S/C16H22BrF2NO/c1-3-21-16(9-5-4-6-10-16)15(20-2)13-12(18)8-7-11(17)14(13)19/h7-8,15,20H,3-6,9-10H2,1-2H3. The molecular formula is C16H22BrF2NO. The second-order valence-corrected chi connectivity index (χ2v) is 6.39. The topological polar surface area (TPSA) is 21.3 Å². The largest absolute Gasteiger partial charge is 0.373 e. The van der Waals surface area contributed by atoms with Gasteiger partial charge in [-0.2, -0.15) is 0 Å². The van der Waals surface area contributed by atoms with E-state index in [1.807, 2.05) is 6.92 Å². The van der Waals surface area contributed by atoms with E-state index in [2.05, 4.69) is 21.2 Å². The van der Waals surface area contributed by atoms with Crippen LogP contribution in [0.3, 0.4) is 0 Å². The lowest BCUT2D eigenvalue weighted by atomic mass is 9.76. The van der Waals surface area contributed by atoms with Gasteiger partial charge in [-0.15, -0.1) is 0 Å². The summed E-state index contributed by atoms with van der Waals surface area (Å²) in [6.07, 6.45) is 4.83. The van der Waals surface area contributed by atoms with E-state index in [-0.39, 0.29) is 10.0 Å². The summed E-state index contributed by atoms with van der Waals surface area (Å²) in [7, 11) is 1.74. The fourth-order valence-electron chi connectivity index (χ4n) is 3.43. The van der Waals surface area contributed by atoms with Crippen molar-refractivity contribution in [1.29, 1.82) is 0 Å². The molecular weight excluding hydrogens is 340 g/mol. The van der Waals surface area contributed by atoms with Crippen LogP contribution in [0.15, 0.2) is 16.6 Å².